The number of hydrogen-bond acceptors (Lipinski definition) is 4. The van der Waals surface area contributed by atoms with Crippen LogP contribution in [0.15, 0.2) is 58.8 Å². The third kappa shape index (κ3) is 3.66. The van der Waals surface area contributed by atoms with Gasteiger partial charge in [0.15, 0.2) is 5.75 Å². The molecule has 0 atom stereocenters. The van der Waals surface area contributed by atoms with Crippen LogP contribution in [0.4, 0.5) is 17.1 Å². The van der Waals surface area contributed by atoms with E-state index in [0.717, 1.165) is 22.2 Å². The fourth-order valence-corrected chi connectivity index (χ4v) is 2.63. The Morgan fingerprint density at radius 1 is 1.00 bits per heavy atom. The van der Waals surface area contributed by atoms with Crippen molar-refractivity contribution in [2.45, 2.75) is 20.8 Å². The van der Waals surface area contributed by atoms with Crippen LogP contribution >= 0.6 is 0 Å². The van der Waals surface area contributed by atoms with Crippen molar-refractivity contribution >= 4 is 33.7 Å². The van der Waals surface area contributed by atoms with Crippen molar-refractivity contribution in [1.29, 1.82) is 0 Å². The van der Waals surface area contributed by atoms with E-state index in [1.165, 1.54) is 6.92 Å². The summed E-state index contributed by atoms with van der Waals surface area (Å²) in [6, 6.07) is 15.0. The van der Waals surface area contributed by atoms with Crippen molar-refractivity contribution in [3.8, 4) is 5.75 Å². The molecule has 0 aromatic heterocycles. The number of azo groups is 1. The van der Waals surface area contributed by atoms with E-state index < -0.39 is 0 Å². The molecule has 0 aliphatic carbocycles. The Bertz CT molecular complexity index is 976. The van der Waals surface area contributed by atoms with Crippen LogP contribution < -0.4 is 5.32 Å². The van der Waals surface area contributed by atoms with Gasteiger partial charge in [-0.3, -0.25) is 4.79 Å². The minimum atomic E-state index is -0.162. The number of phenolic OH excluding ortho intramolecular Hbond substituents is 1. The Morgan fingerprint density at radius 3 is 2.40 bits per heavy atom. The summed E-state index contributed by atoms with van der Waals surface area (Å²) >= 11 is 0. The van der Waals surface area contributed by atoms with Crippen molar-refractivity contribution in [3.63, 3.8) is 0 Å². The quantitative estimate of drug-likeness (QED) is 0.618. The Labute approximate surface area is 146 Å². The van der Waals surface area contributed by atoms with E-state index in [2.05, 4.69) is 15.5 Å². The van der Waals surface area contributed by atoms with Gasteiger partial charge in [0.1, 0.15) is 5.69 Å². The molecule has 0 fully saturated rings. The molecule has 0 bridgehead atoms. The fraction of sp³-hybridized carbons (Fsp3) is 0.150. The molecule has 0 saturated heterocycles. The van der Waals surface area contributed by atoms with Crippen molar-refractivity contribution in [1.82, 2.24) is 0 Å². The highest BCUT2D eigenvalue weighted by molar-refractivity contribution is 5.98. The molecule has 0 aliphatic heterocycles. The largest absolute Gasteiger partial charge is 0.505 e. The van der Waals surface area contributed by atoms with Crippen LogP contribution in [0.2, 0.25) is 0 Å². The van der Waals surface area contributed by atoms with Crippen LogP contribution in [0.5, 0.6) is 5.75 Å². The first-order chi connectivity index (χ1) is 11.9. The van der Waals surface area contributed by atoms with Crippen molar-refractivity contribution in [2.75, 3.05) is 5.32 Å². The number of fused-ring (bicyclic) bond motifs is 1. The Hall–Kier alpha value is -3.21. The predicted octanol–water partition coefficient (Wildman–Crippen LogP) is 5.54. The number of benzene rings is 3. The topological polar surface area (TPSA) is 74.0 Å². The van der Waals surface area contributed by atoms with Gasteiger partial charge in [0.25, 0.3) is 0 Å². The molecule has 0 unspecified atom stereocenters. The third-order valence-corrected chi connectivity index (χ3v) is 3.90. The average molecular weight is 333 g/mol. The molecule has 25 heavy (non-hydrogen) atoms. The maximum atomic E-state index is 11.2. The summed E-state index contributed by atoms with van der Waals surface area (Å²) in [5.74, 6) is -0.108. The van der Waals surface area contributed by atoms with Gasteiger partial charge in [0, 0.05) is 18.0 Å². The van der Waals surface area contributed by atoms with Crippen LogP contribution in [0.3, 0.4) is 0 Å². The highest BCUT2D eigenvalue weighted by Gasteiger charge is 2.11. The number of nitrogens with one attached hydrogen (secondary N) is 1. The van der Waals surface area contributed by atoms with Crippen molar-refractivity contribution < 1.29 is 9.90 Å². The van der Waals surface area contributed by atoms with Crippen LogP contribution in [0.1, 0.15) is 18.1 Å². The summed E-state index contributed by atoms with van der Waals surface area (Å²) in [7, 11) is 0. The second-order valence-electron chi connectivity index (χ2n) is 6.04. The number of carbonyl (C=O) groups is 1. The van der Waals surface area contributed by atoms with E-state index >= 15 is 0 Å². The molecule has 0 spiro atoms. The van der Waals surface area contributed by atoms with Gasteiger partial charge < -0.3 is 10.4 Å². The molecule has 126 valence electrons. The standard InChI is InChI=1S/C20H19N3O2/c1-12-4-7-16(8-5-12)22-23-19-13(2)10-15-6-9-17(21-14(3)24)11-18(15)20(19)25/h4-11,25H,1-3H3,(H,21,24). The van der Waals surface area contributed by atoms with E-state index in [9.17, 15) is 9.90 Å². The summed E-state index contributed by atoms with van der Waals surface area (Å²) in [6.45, 7) is 5.33. The summed E-state index contributed by atoms with van der Waals surface area (Å²) in [4.78, 5) is 11.2. The fourth-order valence-electron chi connectivity index (χ4n) is 2.63. The van der Waals surface area contributed by atoms with Crippen molar-refractivity contribution in [3.05, 3.63) is 59.7 Å². The summed E-state index contributed by atoms with van der Waals surface area (Å²) in [5, 5.41) is 23.3. The minimum Gasteiger partial charge on any atom is -0.505 e. The number of aryl methyl sites for hydroxylation is 2. The van der Waals surface area contributed by atoms with E-state index in [0.29, 0.717) is 16.8 Å². The lowest BCUT2D eigenvalue weighted by Crippen LogP contribution is -2.05. The molecule has 3 aromatic carbocycles. The van der Waals surface area contributed by atoms with Gasteiger partial charge >= 0.3 is 0 Å². The molecular formula is C20H19N3O2. The Morgan fingerprint density at radius 2 is 1.72 bits per heavy atom. The number of aromatic hydroxyl groups is 1. The van der Waals surface area contributed by atoms with Crippen LogP contribution in [-0.4, -0.2) is 11.0 Å². The number of amides is 1. The SMILES string of the molecule is CC(=O)Nc1ccc2cc(C)c(N=Nc3ccc(C)cc3)c(O)c2c1. The minimum absolute atomic E-state index is 0.0538. The van der Waals surface area contributed by atoms with Crippen LogP contribution in [0.25, 0.3) is 10.8 Å². The second kappa shape index (κ2) is 6.73. The first-order valence-electron chi connectivity index (χ1n) is 7.96. The lowest BCUT2D eigenvalue weighted by Gasteiger charge is -2.09. The third-order valence-electron chi connectivity index (χ3n) is 3.90. The van der Waals surface area contributed by atoms with E-state index in [1.54, 1.807) is 12.1 Å². The maximum absolute atomic E-state index is 11.2. The van der Waals surface area contributed by atoms with Gasteiger partial charge in [-0.05, 0) is 55.1 Å². The lowest BCUT2D eigenvalue weighted by atomic mass is 10.0. The number of hydrogen-bond donors (Lipinski definition) is 2. The molecule has 0 radical (unpaired) electrons. The Balaban J connectivity index is 2.04. The summed E-state index contributed by atoms with van der Waals surface area (Å²) in [5.41, 5.74) is 3.74. The molecule has 3 aromatic rings. The molecule has 3 rings (SSSR count). The van der Waals surface area contributed by atoms with Gasteiger partial charge in [0.05, 0.1) is 5.69 Å². The van der Waals surface area contributed by atoms with Gasteiger partial charge in [-0.15, -0.1) is 5.11 Å². The van der Waals surface area contributed by atoms with Crippen LogP contribution in [-0.2, 0) is 4.79 Å². The summed E-state index contributed by atoms with van der Waals surface area (Å²) < 4.78 is 0. The highest BCUT2D eigenvalue weighted by Crippen LogP contribution is 2.39. The number of anilines is 1. The zero-order valence-corrected chi connectivity index (χ0v) is 14.4. The molecule has 2 N–H and O–H groups in total. The Kier molecular flexibility index (Phi) is 4.48. The van der Waals surface area contributed by atoms with Gasteiger partial charge in [-0.25, -0.2) is 0 Å². The molecular weight excluding hydrogens is 314 g/mol. The van der Waals surface area contributed by atoms with Crippen molar-refractivity contribution in [2.24, 2.45) is 10.2 Å². The smallest absolute Gasteiger partial charge is 0.221 e. The molecule has 1 amide bonds. The first kappa shape index (κ1) is 16.6. The van der Waals surface area contributed by atoms with Gasteiger partial charge in [-0.1, -0.05) is 23.8 Å². The predicted molar refractivity (Wildman–Crippen MR) is 100 cm³/mol. The maximum Gasteiger partial charge on any atom is 0.221 e. The van der Waals surface area contributed by atoms with E-state index in [-0.39, 0.29) is 11.7 Å². The lowest BCUT2D eigenvalue weighted by molar-refractivity contribution is -0.114. The number of nitrogens with zero attached hydrogens (tertiary/aromatic N) is 2. The van der Waals surface area contributed by atoms with E-state index in [4.69, 9.17) is 0 Å². The van der Waals surface area contributed by atoms with Gasteiger partial charge in [0.2, 0.25) is 5.91 Å². The molecule has 5 nitrogen and oxygen atoms in total. The molecule has 0 saturated carbocycles. The second-order valence-corrected chi connectivity index (χ2v) is 6.04. The normalized spacial score (nSPS) is 11.2. The number of phenols is 1. The molecule has 5 heteroatoms. The highest BCUT2D eigenvalue weighted by atomic mass is 16.3. The monoisotopic (exact) mass is 333 g/mol. The van der Waals surface area contributed by atoms with Crippen LogP contribution in [0, 0.1) is 13.8 Å². The molecule has 0 aliphatic rings. The zero-order valence-electron chi connectivity index (χ0n) is 14.4. The number of rotatable bonds is 3. The van der Waals surface area contributed by atoms with E-state index in [1.807, 2.05) is 50.2 Å². The molecule has 0 heterocycles. The summed E-state index contributed by atoms with van der Waals surface area (Å²) in [6.07, 6.45) is 0. The number of carbonyl (C=O) groups excluding carboxylic acids is 1. The zero-order chi connectivity index (χ0) is 18.0. The average Bonchev–Trinajstić information content (AvgIpc) is 2.56. The van der Waals surface area contributed by atoms with Gasteiger partial charge in [-0.2, -0.15) is 5.11 Å². The first-order valence-corrected chi connectivity index (χ1v) is 7.96.